The summed E-state index contributed by atoms with van der Waals surface area (Å²) in [6.07, 6.45) is 2.90. The average Bonchev–Trinajstić information content (AvgIpc) is 2.15. The Hall–Kier alpha value is -0.440. The molecule has 49 valence electrons. The van der Waals surface area contributed by atoms with E-state index in [0.717, 1.165) is 11.8 Å². The van der Waals surface area contributed by atoms with E-state index in [9.17, 15) is 4.79 Å². The maximum absolute atomic E-state index is 10.4. The molecule has 1 aliphatic heterocycles. The molecule has 1 amide bonds. The summed E-state index contributed by atoms with van der Waals surface area (Å²) in [6, 6.07) is 0. The summed E-state index contributed by atoms with van der Waals surface area (Å²) in [5.74, 6) is 0.0150. The molecule has 0 fully saturated rings. The molecule has 3 heteroatoms. The van der Waals surface area contributed by atoms with Crippen LogP contribution >= 0.6 is 11.8 Å². The van der Waals surface area contributed by atoms with E-state index in [-0.39, 0.29) is 5.91 Å². The fourth-order valence-corrected chi connectivity index (χ4v) is 1.36. The molecular formula is C6H8NOS. The van der Waals surface area contributed by atoms with Crippen molar-refractivity contribution in [1.29, 1.82) is 0 Å². The predicted octanol–water partition coefficient (Wildman–Crippen LogP) is 1.26. The first-order chi connectivity index (χ1) is 4.29. The van der Waals surface area contributed by atoms with Crippen molar-refractivity contribution in [3.63, 3.8) is 0 Å². The van der Waals surface area contributed by atoms with Gasteiger partial charge in [0.1, 0.15) is 5.37 Å². The van der Waals surface area contributed by atoms with Crippen molar-refractivity contribution in [2.24, 2.45) is 0 Å². The van der Waals surface area contributed by atoms with E-state index >= 15 is 0 Å². The minimum Gasteiger partial charge on any atom is -0.338 e. The smallest absolute Gasteiger partial charge is 0.218 e. The average molecular weight is 142 g/mol. The molecule has 0 aliphatic carbocycles. The number of thioether (sulfide) groups is 1. The first-order valence-corrected chi connectivity index (χ1v) is 3.62. The molecule has 1 N–H and O–H groups in total. The molecule has 1 rings (SSSR count). The topological polar surface area (TPSA) is 29.1 Å². The lowest BCUT2D eigenvalue weighted by Gasteiger charge is -2.05. The Bertz CT molecular complexity index is 136. The van der Waals surface area contributed by atoms with Gasteiger partial charge in [-0.2, -0.15) is 0 Å². The van der Waals surface area contributed by atoms with E-state index in [0.29, 0.717) is 0 Å². The van der Waals surface area contributed by atoms with Crippen molar-refractivity contribution >= 4 is 17.7 Å². The fourth-order valence-electron chi connectivity index (χ4n) is 0.610. The number of hydrogen-bond acceptors (Lipinski definition) is 2. The molecule has 0 saturated heterocycles. The molecule has 0 bridgehead atoms. The van der Waals surface area contributed by atoms with Crippen LogP contribution in [0.25, 0.3) is 0 Å². The van der Waals surface area contributed by atoms with Gasteiger partial charge in [-0.05, 0) is 5.41 Å². The van der Waals surface area contributed by atoms with Crippen molar-refractivity contribution in [1.82, 2.24) is 5.32 Å². The zero-order chi connectivity index (χ0) is 6.69. The molecule has 0 aromatic heterocycles. The monoisotopic (exact) mass is 142 g/mol. The molecule has 0 aromatic rings. The number of carbonyl (C=O) groups is 1. The van der Waals surface area contributed by atoms with Crippen LogP contribution in [-0.2, 0) is 4.79 Å². The molecule has 1 aliphatic rings. The van der Waals surface area contributed by atoms with Crippen molar-refractivity contribution in [2.45, 2.75) is 13.3 Å². The van der Waals surface area contributed by atoms with Crippen LogP contribution in [0.3, 0.4) is 0 Å². The van der Waals surface area contributed by atoms with Gasteiger partial charge in [-0.15, -0.1) is 11.8 Å². The number of hydrogen-bond donors (Lipinski definition) is 1. The Labute approximate surface area is 58.7 Å². The van der Waals surface area contributed by atoms with Crippen LogP contribution in [0.1, 0.15) is 13.3 Å². The van der Waals surface area contributed by atoms with Gasteiger partial charge in [0, 0.05) is 13.3 Å². The van der Waals surface area contributed by atoms with Gasteiger partial charge in [0.05, 0.1) is 0 Å². The maximum atomic E-state index is 10.4. The van der Waals surface area contributed by atoms with E-state index in [4.69, 9.17) is 0 Å². The molecule has 1 heterocycles. The Balaban J connectivity index is 2.22. The molecule has 0 atom stereocenters. The van der Waals surface area contributed by atoms with Crippen molar-refractivity contribution in [3.05, 3.63) is 16.9 Å². The van der Waals surface area contributed by atoms with E-state index in [1.54, 1.807) is 11.8 Å². The lowest BCUT2D eigenvalue weighted by Crippen LogP contribution is -2.21. The van der Waals surface area contributed by atoms with Gasteiger partial charge in [-0.1, -0.05) is 6.08 Å². The van der Waals surface area contributed by atoms with Gasteiger partial charge >= 0.3 is 0 Å². The Morgan fingerprint density at radius 3 is 3.11 bits per heavy atom. The largest absolute Gasteiger partial charge is 0.338 e. The first kappa shape index (κ1) is 6.68. The quantitative estimate of drug-likeness (QED) is 0.597. The van der Waals surface area contributed by atoms with E-state index in [1.807, 2.05) is 11.5 Å². The third-order valence-electron chi connectivity index (χ3n) is 0.925. The summed E-state index contributed by atoms with van der Waals surface area (Å²) in [5.41, 5.74) is 0. The number of rotatable bonds is 1. The summed E-state index contributed by atoms with van der Waals surface area (Å²) in [5, 5.41) is 5.73. The van der Waals surface area contributed by atoms with E-state index < -0.39 is 0 Å². The normalized spacial score (nSPS) is 18.3. The summed E-state index contributed by atoms with van der Waals surface area (Å²) >= 11 is 1.57. The Morgan fingerprint density at radius 2 is 2.67 bits per heavy atom. The summed E-state index contributed by atoms with van der Waals surface area (Å²) in [7, 11) is 0. The third-order valence-corrected chi connectivity index (χ3v) is 1.81. The number of amides is 1. The van der Waals surface area contributed by atoms with Crippen molar-refractivity contribution in [3.8, 4) is 0 Å². The van der Waals surface area contributed by atoms with Crippen LogP contribution in [0, 0.1) is 5.37 Å². The highest BCUT2D eigenvalue weighted by atomic mass is 32.2. The van der Waals surface area contributed by atoms with Crippen LogP contribution in [0.15, 0.2) is 11.5 Å². The zero-order valence-corrected chi connectivity index (χ0v) is 5.99. The number of nitrogens with one attached hydrogen (secondary N) is 1. The first-order valence-electron chi connectivity index (χ1n) is 2.74. The minimum atomic E-state index is 0.0150. The lowest BCUT2D eigenvalue weighted by molar-refractivity contribution is -0.118. The van der Waals surface area contributed by atoms with Gasteiger partial charge in [0.2, 0.25) is 5.91 Å². The Kier molecular flexibility index (Phi) is 2.16. The zero-order valence-electron chi connectivity index (χ0n) is 5.18. The summed E-state index contributed by atoms with van der Waals surface area (Å²) in [4.78, 5) is 10.4. The van der Waals surface area contributed by atoms with E-state index in [1.165, 1.54) is 6.92 Å². The third kappa shape index (κ3) is 2.10. The van der Waals surface area contributed by atoms with Gasteiger partial charge in [-0.3, -0.25) is 4.79 Å². The molecule has 0 spiro atoms. The minimum absolute atomic E-state index is 0.0150. The highest BCUT2D eigenvalue weighted by Gasteiger charge is 2.11. The molecule has 0 unspecified atom stereocenters. The van der Waals surface area contributed by atoms with Crippen molar-refractivity contribution < 1.29 is 4.79 Å². The lowest BCUT2D eigenvalue weighted by atomic mass is 10.4. The molecule has 1 radical (unpaired) electrons. The fraction of sp³-hybridized carbons (Fsp3) is 0.333. The second kappa shape index (κ2) is 2.92. The van der Waals surface area contributed by atoms with E-state index in [2.05, 4.69) is 5.32 Å². The Morgan fingerprint density at radius 1 is 1.89 bits per heavy atom. The summed E-state index contributed by atoms with van der Waals surface area (Å²) < 4.78 is 0. The van der Waals surface area contributed by atoms with Gasteiger partial charge in [-0.25, -0.2) is 0 Å². The maximum Gasteiger partial charge on any atom is 0.218 e. The van der Waals surface area contributed by atoms with Crippen LogP contribution in [0.4, 0.5) is 0 Å². The van der Waals surface area contributed by atoms with Gasteiger partial charge < -0.3 is 5.32 Å². The molecule has 9 heavy (non-hydrogen) atoms. The van der Waals surface area contributed by atoms with Crippen LogP contribution in [0.2, 0.25) is 0 Å². The van der Waals surface area contributed by atoms with Crippen LogP contribution in [0.5, 0.6) is 0 Å². The number of carbonyl (C=O) groups excluding carboxylic acids is 1. The second-order valence-corrected chi connectivity index (χ2v) is 2.80. The van der Waals surface area contributed by atoms with Crippen LogP contribution < -0.4 is 5.32 Å². The predicted molar refractivity (Wildman–Crippen MR) is 38.4 cm³/mol. The molecule has 0 aromatic carbocycles. The highest BCUT2D eigenvalue weighted by molar-refractivity contribution is 8.05. The standard InChI is InChI=1S/C6H8NOS/c1-5(8)7-6-3-2-4-9-6/h2,4H,3H2,1H3,(H,7,8). The van der Waals surface area contributed by atoms with Crippen LogP contribution in [-0.4, -0.2) is 5.91 Å². The van der Waals surface area contributed by atoms with Crippen molar-refractivity contribution in [2.75, 3.05) is 0 Å². The molecule has 2 nitrogen and oxygen atoms in total. The second-order valence-electron chi connectivity index (χ2n) is 1.80. The van der Waals surface area contributed by atoms with Gasteiger partial charge in [0.25, 0.3) is 0 Å². The molecule has 0 saturated carbocycles. The SMILES string of the molecule is CC(=O)N[C]1CC=CS1. The van der Waals surface area contributed by atoms with Gasteiger partial charge in [0.15, 0.2) is 0 Å². The molecular weight excluding hydrogens is 134 g/mol. The summed E-state index contributed by atoms with van der Waals surface area (Å²) in [6.45, 7) is 1.52. The highest BCUT2D eigenvalue weighted by Crippen LogP contribution is 2.27.